The molecule has 6 nitrogen and oxygen atoms in total. The third-order valence-corrected chi connectivity index (χ3v) is 8.23. The van der Waals surface area contributed by atoms with E-state index in [0.29, 0.717) is 10.9 Å². The standard InChI is InChI=1S/C21H25ClFN3O3S2/c1-21(2,18(27)28)12-30-17-11-24-19(31-17)25(3)20(29)26(14-6-4-5-7-14)16-9-8-13(22)10-15(16)23/h8-11,14H,4-7,12H2,1-3H3,(H,27,28). The summed E-state index contributed by atoms with van der Waals surface area (Å²) in [5, 5.41) is 10.0. The Morgan fingerprint density at radius 3 is 2.65 bits per heavy atom. The first-order valence-corrected chi connectivity index (χ1v) is 12.1. The lowest BCUT2D eigenvalue weighted by Gasteiger charge is -2.32. The minimum absolute atomic E-state index is 0.0872. The number of hydrogen-bond donors (Lipinski definition) is 1. The molecule has 2 aromatic rings. The van der Waals surface area contributed by atoms with Gasteiger partial charge >= 0.3 is 12.0 Å². The molecule has 0 saturated heterocycles. The molecule has 0 spiro atoms. The summed E-state index contributed by atoms with van der Waals surface area (Å²) < 4.78 is 15.5. The van der Waals surface area contributed by atoms with Gasteiger partial charge in [-0.05, 0) is 44.9 Å². The van der Waals surface area contributed by atoms with Crippen LogP contribution in [0.5, 0.6) is 0 Å². The Morgan fingerprint density at radius 1 is 1.35 bits per heavy atom. The van der Waals surface area contributed by atoms with Gasteiger partial charge in [-0.2, -0.15) is 0 Å². The molecule has 0 bridgehead atoms. The van der Waals surface area contributed by atoms with Gasteiger partial charge in [0.05, 0.1) is 21.5 Å². The normalized spacial score (nSPS) is 14.6. The van der Waals surface area contributed by atoms with Crippen molar-refractivity contribution >= 4 is 57.5 Å². The van der Waals surface area contributed by atoms with E-state index in [1.54, 1.807) is 39.2 Å². The number of carboxylic acid groups (broad SMARTS) is 1. The number of nitrogens with zero attached hydrogens (tertiary/aromatic N) is 3. The molecule has 3 rings (SSSR count). The van der Waals surface area contributed by atoms with E-state index in [9.17, 15) is 19.1 Å². The van der Waals surface area contributed by atoms with Crippen LogP contribution in [0.3, 0.4) is 0 Å². The Labute approximate surface area is 194 Å². The highest BCUT2D eigenvalue weighted by Crippen LogP contribution is 2.36. The molecule has 168 valence electrons. The molecule has 1 aliphatic rings. The van der Waals surface area contributed by atoms with Crippen molar-refractivity contribution in [2.75, 3.05) is 22.6 Å². The lowest BCUT2D eigenvalue weighted by atomic mass is 9.97. The molecule has 1 fully saturated rings. The topological polar surface area (TPSA) is 73.7 Å². The van der Waals surface area contributed by atoms with E-state index in [0.717, 1.165) is 29.9 Å². The average molecular weight is 486 g/mol. The van der Waals surface area contributed by atoms with Crippen LogP contribution < -0.4 is 9.80 Å². The van der Waals surface area contributed by atoms with Crippen LogP contribution in [0.2, 0.25) is 5.02 Å². The number of anilines is 2. The van der Waals surface area contributed by atoms with Crippen molar-refractivity contribution in [3.8, 4) is 0 Å². The largest absolute Gasteiger partial charge is 0.481 e. The zero-order chi connectivity index (χ0) is 22.8. The molecule has 10 heteroatoms. The summed E-state index contributed by atoms with van der Waals surface area (Å²) in [5.41, 5.74) is -0.662. The summed E-state index contributed by atoms with van der Waals surface area (Å²) in [4.78, 5) is 32.0. The Kier molecular flexibility index (Phi) is 7.49. The van der Waals surface area contributed by atoms with Crippen molar-refractivity contribution in [1.29, 1.82) is 0 Å². The number of carboxylic acids is 1. The third kappa shape index (κ3) is 5.51. The maximum Gasteiger partial charge on any atom is 0.330 e. The molecule has 1 heterocycles. The fourth-order valence-corrected chi connectivity index (χ4v) is 5.48. The number of amides is 2. The predicted octanol–water partition coefficient (Wildman–Crippen LogP) is 6.14. The van der Waals surface area contributed by atoms with Gasteiger partial charge in [-0.1, -0.05) is 35.8 Å². The van der Waals surface area contributed by atoms with Gasteiger partial charge in [0.15, 0.2) is 5.13 Å². The van der Waals surface area contributed by atoms with Crippen molar-refractivity contribution in [3.63, 3.8) is 0 Å². The van der Waals surface area contributed by atoms with Gasteiger partial charge < -0.3 is 5.11 Å². The number of benzene rings is 1. The monoisotopic (exact) mass is 485 g/mol. The zero-order valence-corrected chi connectivity index (χ0v) is 20.0. The van der Waals surface area contributed by atoms with Crippen LogP contribution in [0.1, 0.15) is 39.5 Å². The smallest absolute Gasteiger partial charge is 0.330 e. The van der Waals surface area contributed by atoms with Gasteiger partial charge in [-0.3, -0.25) is 14.6 Å². The van der Waals surface area contributed by atoms with Crippen LogP contribution in [0.25, 0.3) is 0 Å². The van der Waals surface area contributed by atoms with E-state index in [1.165, 1.54) is 39.0 Å². The fraction of sp³-hybridized carbons (Fsp3) is 0.476. The number of thiazole rings is 1. The number of rotatable bonds is 7. The summed E-state index contributed by atoms with van der Waals surface area (Å²) in [5.74, 6) is -1.02. The number of urea groups is 1. The van der Waals surface area contributed by atoms with Crippen LogP contribution in [-0.2, 0) is 4.79 Å². The van der Waals surface area contributed by atoms with Crippen LogP contribution in [0, 0.1) is 11.2 Å². The number of thioether (sulfide) groups is 1. The van der Waals surface area contributed by atoms with Crippen molar-refractivity contribution < 1.29 is 19.1 Å². The second kappa shape index (κ2) is 9.75. The molecular formula is C21H25ClFN3O3S2. The SMILES string of the molecule is CN(C(=O)N(c1ccc(Cl)cc1F)C1CCCC1)c1ncc(SCC(C)(C)C(=O)O)s1. The van der Waals surface area contributed by atoms with E-state index < -0.39 is 17.2 Å². The molecule has 0 unspecified atom stereocenters. The maximum absolute atomic E-state index is 14.7. The van der Waals surface area contributed by atoms with Crippen LogP contribution in [0.15, 0.2) is 28.6 Å². The second-order valence-corrected chi connectivity index (χ2v) is 10.9. The maximum atomic E-state index is 14.7. The Morgan fingerprint density at radius 2 is 2.03 bits per heavy atom. The predicted molar refractivity (Wildman–Crippen MR) is 124 cm³/mol. The summed E-state index contributed by atoms with van der Waals surface area (Å²) in [7, 11) is 1.62. The first-order chi connectivity index (χ1) is 14.6. The molecule has 1 aliphatic carbocycles. The molecule has 2 amide bonds. The number of aromatic nitrogens is 1. The van der Waals surface area contributed by atoms with Gasteiger partial charge in [-0.15, -0.1) is 11.8 Å². The van der Waals surface area contributed by atoms with Crippen molar-refractivity contribution in [1.82, 2.24) is 4.98 Å². The average Bonchev–Trinajstić information content (AvgIpc) is 3.39. The third-order valence-electron chi connectivity index (χ3n) is 5.27. The van der Waals surface area contributed by atoms with Gasteiger partial charge in [0.1, 0.15) is 5.82 Å². The van der Waals surface area contributed by atoms with E-state index in [4.69, 9.17) is 11.6 Å². The lowest BCUT2D eigenvalue weighted by Crippen LogP contribution is -2.47. The van der Waals surface area contributed by atoms with E-state index in [1.807, 2.05) is 0 Å². The minimum Gasteiger partial charge on any atom is -0.481 e. The fourth-order valence-electron chi connectivity index (χ4n) is 3.32. The number of carbonyl (C=O) groups is 2. The Balaban J connectivity index is 1.80. The van der Waals surface area contributed by atoms with Crippen molar-refractivity contribution in [2.24, 2.45) is 5.41 Å². The quantitative estimate of drug-likeness (QED) is 0.476. The highest BCUT2D eigenvalue weighted by Gasteiger charge is 2.33. The number of aliphatic carboxylic acids is 1. The summed E-state index contributed by atoms with van der Waals surface area (Å²) in [6, 6.07) is 3.89. The lowest BCUT2D eigenvalue weighted by molar-refractivity contribution is -0.145. The molecule has 1 aromatic carbocycles. The van der Waals surface area contributed by atoms with Gasteiger partial charge in [0, 0.05) is 23.9 Å². The summed E-state index contributed by atoms with van der Waals surface area (Å²) in [6.45, 7) is 3.33. The van der Waals surface area contributed by atoms with Crippen molar-refractivity contribution in [3.05, 3.63) is 35.2 Å². The number of halogens is 2. The van der Waals surface area contributed by atoms with E-state index >= 15 is 0 Å². The Bertz CT molecular complexity index is 963. The Hall–Kier alpha value is -1.84. The molecule has 0 radical (unpaired) electrons. The first-order valence-electron chi connectivity index (χ1n) is 9.94. The summed E-state index contributed by atoms with van der Waals surface area (Å²) >= 11 is 8.60. The zero-order valence-electron chi connectivity index (χ0n) is 17.6. The minimum atomic E-state index is -0.873. The van der Waals surface area contributed by atoms with Gasteiger partial charge in [0.25, 0.3) is 0 Å². The van der Waals surface area contributed by atoms with Crippen molar-refractivity contribution in [2.45, 2.75) is 49.8 Å². The second-order valence-electron chi connectivity index (χ2n) is 8.19. The molecule has 1 aromatic heterocycles. The van der Waals surface area contributed by atoms with E-state index in [-0.39, 0.29) is 22.8 Å². The molecule has 1 N–H and O–H groups in total. The summed E-state index contributed by atoms with van der Waals surface area (Å²) in [6.07, 6.45) is 5.24. The van der Waals surface area contributed by atoms with Gasteiger partial charge in [0.2, 0.25) is 0 Å². The van der Waals surface area contributed by atoms with Gasteiger partial charge in [-0.25, -0.2) is 14.2 Å². The molecular weight excluding hydrogens is 461 g/mol. The highest BCUT2D eigenvalue weighted by molar-refractivity contribution is 8.01. The molecule has 0 aliphatic heterocycles. The highest BCUT2D eigenvalue weighted by atomic mass is 35.5. The van der Waals surface area contributed by atoms with Crippen LogP contribution in [0.4, 0.5) is 20.0 Å². The number of carbonyl (C=O) groups excluding carboxylic acids is 1. The molecule has 1 saturated carbocycles. The van der Waals surface area contributed by atoms with Crippen LogP contribution >= 0.6 is 34.7 Å². The van der Waals surface area contributed by atoms with E-state index in [2.05, 4.69) is 4.98 Å². The molecule has 0 atom stereocenters. The molecule has 31 heavy (non-hydrogen) atoms. The van der Waals surface area contributed by atoms with Crippen LogP contribution in [-0.4, -0.2) is 40.9 Å². The first kappa shape index (κ1) is 23.8. The number of hydrogen-bond acceptors (Lipinski definition) is 5.